The van der Waals surface area contributed by atoms with Crippen molar-refractivity contribution in [3.63, 3.8) is 0 Å². The number of fused-ring (bicyclic) bond motifs is 1. The molecule has 19 heavy (non-hydrogen) atoms. The molecule has 3 rings (SSSR count). The molecule has 2 aromatic carbocycles. The van der Waals surface area contributed by atoms with Crippen LogP contribution in [0.25, 0.3) is 0 Å². The molecule has 2 nitrogen and oxygen atoms in total. The number of benzene rings is 2. The van der Waals surface area contributed by atoms with E-state index in [1.165, 1.54) is 5.56 Å². The molecule has 0 aromatic heterocycles. The number of rotatable bonds is 2. The molecule has 0 saturated heterocycles. The van der Waals surface area contributed by atoms with E-state index in [0.29, 0.717) is 5.02 Å². The van der Waals surface area contributed by atoms with Gasteiger partial charge in [0.15, 0.2) is 0 Å². The van der Waals surface area contributed by atoms with Gasteiger partial charge in [-0.2, -0.15) is 0 Å². The van der Waals surface area contributed by atoms with Gasteiger partial charge in [0.25, 0.3) is 0 Å². The first-order chi connectivity index (χ1) is 9.16. The second-order valence-corrected chi connectivity index (χ2v) is 5.90. The Morgan fingerprint density at radius 3 is 2.89 bits per heavy atom. The van der Waals surface area contributed by atoms with Crippen molar-refractivity contribution in [2.24, 2.45) is 5.73 Å². The summed E-state index contributed by atoms with van der Waals surface area (Å²) in [7, 11) is 0. The van der Waals surface area contributed by atoms with Crippen LogP contribution >= 0.6 is 27.5 Å². The lowest BCUT2D eigenvalue weighted by Crippen LogP contribution is -2.13. The Bertz CT molecular complexity index is 630. The van der Waals surface area contributed by atoms with Crippen molar-refractivity contribution < 1.29 is 4.74 Å². The summed E-state index contributed by atoms with van der Waals surface area (Å²) in [6.45, 7) is 0.727. The van der Waals surface area contributed by atoms with Gasteiger partial charge in [-0.25, -0.2) is 0 Å². The van der Waals surface area contributed by atoms with E-state index in [1.54, 1.807) is 0 Å². The molecule has 0 amide bonds. The van der Waals surface area contributed by atoms with Crippen molar-refractivity contribution in [2.75, 3.05) is 6.61 Å². The number of ether oxygens (including phenoxy) is 1. The minimum atomic E-state index is -0.280. The smallest absolute Gasteiger partial charge is 0.127 e. The van der Waals surface area contributed by atoms with Crippen molar-refractivity contribution in [3.05, 3.63) is 62.6 Å². The minimum absolute atomic E-state index is 0.280. The maximum absolute atomic E-state index is 6.37. The van der Waals surface area contributed by atoms with E-state index in [1.807, 2.05) is 30.3 Å². The van der Waals surface area contributed by atoms with Gasteiger partial charge in [-0.1, -0.05) is 45.7 Å². The van der Waals surface area contributed by atoms with Crippen molar-refractivity contribution >= 4 is 27.5 Å². The Balaban J connectivity index is 2.07. The highest BCUT2D eigenvalue weighted by Gasteiger charge is 2.22. The molecule has 98 valence electrons. The first kappa shape index (κ1) is 13.0. The van der Waals surface area contributed by atoms with Gasteiger partial charge in [-0.05, 0) is 29.3 Å². The molecule has 0 fully saturated rings. The van der Waals surface area contributed by atoms with Crippen molar-refractivity contribution in [1.82, 2.24) is 0 Å². The molecule has 0 radical (unpaired) electrons. The monoisotopic (exact) mass is 337 g/mol. The average Bonchev–Trinajstić information content (AvgIpc) is 2.89. The maximum Gasteiger partial charge on any atom is 0.127 e. The lowest BCUT2D eigenvalue weighted by atomic mass is 9.96. The lowest BCUT2D eigenvalue weighted by molar-refractivity contribution is 0.352. The van der Waals surface area contributed by atoms with Gasteiger partial charge >= 0.3 is 0 Å². The third-order valence-electron chi connectivity index (χ3n) is 3.37. The molecule has 1 atom stereocenters. The van der Waals surface area contributed by atoms with Gasteiger partial charge in [-0.3, -0.25) is 0 Å². The highest BCUT2D eigenvalue weighted by molar-refractivity contribution is 9.10. The molecule has 0 spiro atoms. The fourth-order valence-corrected chi connectivity index (χ4v) is 3.02. The summed E-state index contributed by atoms with van der Waals surface area (Å²) in [5, 5.41) is 0.673. The van der Waals surface area contributed by atoms with Crippen molar-refractivity contribution in [2.45, 2.75) is 12.5 Å². The summed E-state index contributed by atoms with van der Waals surface area (Å²) in [4.78, 5) is 0. The number of hydrogen-bond donors (Lipinski definition) is 1. The van der Waals surface area contributed by atoms with E-state index in [-0.39, 0.29) is 6.04 Å². The predicted molar refractivity (Wildman–Crippen MR) is 80.8 cm³/mol. The van der Waals surface area contributed by atoms with Gasteiger partial charge in [0.05, 0.1) is 12.6 Å². The highest BCUT2D eigenvalue weighted by atomic mass is 79.9. The summed E-state index contributed by atoms with van der Waals surface area (Å²) in [6.07, 6.45) is 0.947. The SMILES string of the molecule is NC(c1cc(Br)ccc1Cl)c1cccc2c1OCC2. The Hall–Kier alpha value is -1.03. The van der Waals surface area contributed by atoms with Crippen LogP contribution in [0.5, 0.6) is 5.75 Å². The van der Waals surface area contributed by atoms with E-state index in [4.69, 9.17) is 22.1 Å². The van der Waals surface area contributed by atoms with E-state index >= 15 is 0 Å². The van der Waals surface area contributed by atoms with Crippen molar-refractivity contribution in [1.29, 1.82) is 0 Å². The molecule has 1 aliphatic heterocycles. The third-order valence-corrected chi connectivity index (χ3v) is 4.21. The topological polar surface area (TPSA) is 35.2 Å². The molecular formula is C15H13BrClNO. The molecule has 0 saturated carbocycles. The molecule has 1 unspecified atom stereocenters. The van der Waals surface area contributed by atoms with E-state index in [9.17, 15) is 0 Å². The van der Waals surface area contributed by atoms with Gasteiger partial charge in [0.2, 0.25) is 0 Å². The Morgan fingerprint density at radius 1 is 1.21 bits per heavy atom. The quantitative estimate of drug-likeness (QED) is 0.895. The van der Waals surface area contributed by atoms with E-state index < -0.39 is 0 Å². The third kappa shape index (κ3) is 2.38. The van der Waals surface area contributed by atoms with E-state index in [0.717, 1.165) is 34.4 Å². The van der Waals surface area contributed by atoms with Gasteiger partial charge in [0.1, 0.15) is 5.75 Å². The number of hydrogen-bond acceptors (Lipinski definition) is 2. The predicted octanol–water partition coefficient (Wildman–Crippen LogP) is 4.09. The summed E-state index contributed by atoms with van der Waals surface area (Å²) in [5.74, 6) is 0.922. The second-order valence-electron chi connectivity index (χ2n) is 4.58. The average molecular weight is 339 g/mol. The molecular weight excluding hydrogens is 326 g/mol. The van der Waals surface area contributed by atoms with Crippen LogP contribution in [-0.4, -0.2) is 6.61 Å². The number of nitrogens with two attached hydrogens (primary N) is 1. The van der Waals surface area contributed by atoms with Crippen LogP contribution in [0.3, 0.4) is 0 Å². The fraction of sp³-hybridized carbons (Fsp3) is 0.200. The van der Waals surface area contributed by atoms with Crippen molar-refractivity contribution in [3.8, 4) is 5.75 Å². The van der Waals surface area contributed by atoms with Gasteiger partial charge < -0.3 is 10.5 Å². The zero-order valence-electron chi connectivity index (χ0n) is 10.2. The molecule has 2 aromatic rings. The molecule has 2 N–H and O–H groups in total. The van der Waals surface area contributed by atoms with Gasteiger partial charge in [-0.15, -0.1) is 0 Å². The summed E-state index contributed by atoms with van der Waals surface area (Å²) >= 11 is 9.70. The summed E-state index contributed by atoms with van der Waals surface area (Å²) in [5.41, 5.74) is 9.49. The summed E-state index contributed by atoms with van der Waals surface area (Å²) in [6, 6.07) is 11.6. The normalized spacial score (nSPS) is 14.9. The summed E-state index contributed by atoms with van der Waals surface area (Å²) < 4.78 is 6.68. The Labute approximate surface area is 125 Å². The van der Waals surface area contributed by atoms with Crippen LogP contribution in [0.15, 0.2) is 40.9 Å². The standard InChI is InChI=1S/C15H13BrClNO/c16-10-4-5-13(17)12(8-10)14(18)11-3-1-2-9-6-7-19-15(9)11/h1-5,8,14H,6-7,18H2. The number of para-hydroxylation sites is 1. The second kappa shape index (κ2) is 5.16. The Morgan fingerprint density at radius 2 is 2.05 bits per heavy atom. The first-order valence-corrected chi connectivity index (χ1v) is 7.29. The largest absolute Gasteiger partial charge is 0.493 e. The Kier molecular flexibility index (Phi) is 3.52. The maximum atomic E-state index is 6.37. The molecule has 0 bridgehead atoms. The highest BCUT2D eigenvalue weighted by Crippen LogP contribution is 2.37. The van der Waals surface area contributed by atoms with Crippen LogP contribution < -0.4 is 10.5 Å². The zero-order chi connectivity index (χ0) is 13.4. The van der Waals surface area contributed by atoms with Crippen LogP contribution in [-0.2, 0) is 6.42 Å². The van der Waals surface area contributed by atoms with Gasteiger partial charge in [0, 0.05) is 21.5 Å². The molecule has 4 heteroatoms. The number of halogens is 2. The molecule has 1 heterocycles. The lowest BCUT2D eigenvalue weighted by Gasteiger charge is -2.17. The zero-order valence-corrected chi connectivity index (χ0v) is 12.5. The fourth-order valence-electron chi connectivity index (χ4n) is 2.41. The molecule has 0 aliphatic carbocycles. The van der Waals surface area contributed by atoms with Crippen LogP contribution in [0, 0.1) is 0 Å². The van der Waals surface area contributed by atoms with E-state index in [2.05, 4.69) is 22.0 Å². The van der Waals surface area contributed by atoms with Crippen LogP contribution in [0.1, 0.15) is 22.7 Å². The van der Waals surface area contributed by atoms with Crippen LogP contribution in [0.2, 0.25) is 5.02 Å². The van der Waals surface area contributed by atoms with Crippen LogP contribution in [0.4, 0.5) is 0 Å². The minimum Gasteiger partial charge on any atom is -0.493 e. The molecule has 1 aliphatic rings. The first-order valence-electron chi connectivity index (χ1n) is 6.12.